The van der Waals surface area contributed by atoms with Gasteiger partial charge >= 0.3 is 0 Å². The Labute approximate surface area is 189 Å². The van der Waals surface area contributed by atoms with Crippen molar-refractivity contribution in [1.29, 1.82) is 0 Å². The van der Waals surface area contributed by atoms with E-state index in [1.807, 2.05) is 13.0 Å². The van der Waals surface area contributed by atoms with Crippen LogP contribution in [0, 0.1) is 10.1 Å². The van der Waals surface area contributed by atoms with Crippen LogP contribution in [-0.4, -0.2) is 33.2 Å². The molecule has 0 aliphatic carbocycles. The number of hydrogen-bond donors (Lipinski definition) is 0. The third-order valence-corrected chi connectivity index (χ3v) is 5.67. The predicted molar refractivity (Wildman–Crippen MR) is 125 cm³/mol. The SMILES string of the molecule is C=CCN1C(=O)/C(=C/c2ccc(OCc3ccc([N+](=O)[O-])cc3)c(OCC)c2)SC1=S. The molecule has 2 aromatic rings. The Morgan fingerprint density at radius 3 is 2.58 bits per heavy atom. The summed E-state index contributed by atoms with van der Waals surface area (Å²) >= 11 is 6.52. The van der Waals surface area contributed by atoms with E-state index in [2.05, 4.69) is 6.58 Å². The van der Waals surface area contributed by atoms with Crippen LogP contribution >= 0.6 is 24.0 Å². The average molecular weight is 457 g/mol. The van der Waals surface area contributed by atoms with E-state index in [9.17, 15) is 14.9 Å². The molecule has 0 aromatic heterocycles. The van der Waals surface area contributed by atoms with Gasteiger partial charge < -0.3 is 9.47 Å². The Kier molecular flexibility index (Phi) is 7.43. The van der Waals surface area contributed by atoms with Gasteiger partial charge in [0.05, 0.1) is 16.4 Å². The van der Waals surface area contributed by atoms with Crippen LogP contribution in [0.2, 0.25) is 0 Å². The Morgan fingerprint density at radius 1 is 1.19 bits per heavy atom. The highest BCUT2D eigenvalue weighted by molar-refractivity contribution is 8.26. The van der Waals surface area contributed by atoms with Gasteiger partial charge in [0.1, 0.15) is 10.9 Å². The highest BCUT2D eigenvalue weighted by Gasteiger charge is 2.31. The molecule has 160 valence electrons. The summed E-state index contributed by atoms with van der Waals surface area (Å²) in [5, 5.41) is 10.8. The summed E-state index contributed by atoms with van der Waals surface area (Å²) in [5.41, 5.74) is 1.61. The van der Waals surface area contributed by atoms with Gasteiger partial charge in [0.25, 0.3) is 11.6 Å². The summed E-state index contributed by atoms with van der Waals surface area (Å²) in [6, 6.07) is 11.6. The van der Waals surface area contributed by atoms with Crippen molar-refractivity contribution in [3.63, 3.8) is 0 Å². The van der Waals surface area contributed by atoms with Gasteiger partial charge in [-0.05, 0) is 48.4 Å². The molecule has 2 aromatic carbocycles. The van der Waals surface area contributed by atoms with Crippen LogP contribution in [0.3, 0.4) is 0 Å². The van der Waals surface area contributed by atoms with Crippen LogP contribution in [0.5, 0.6) is 11.5 Å². The van der Waals surface area contributed by atoms with Crippen molar-refractivity contribution in [2.45, 2.75) is 13.5 Å². The van der Waals surface area contributed by atoms with E-state index in [1.165, 1.54) is 28.8 Å². The normalized spacial score (nSPS) is 14.7. The van der Waals surface area contributed by atoms with Crippen molar-refractivity contribution in [2.75, 3.05) is 13.2 Å². The minimum Gasteiger partial charge on any atom is -0.490 e. The van der Waals surface area contributed by atoms with Crippen LogP contribution in [0.25, 0.3) is 6.08 Å². The predicted octanol–water partition coefficient (Wildman–Crippen LogP) is 4.96. The van der Waals surface area contributed by atoms with E-state index in [4.69, 9.17) is 21.7 Å². The van der Waals surface area contributed by atoms with E-state index in [1.54, 1.807) is 36.4 Å². The number of benzene rings is 2. The lowest BCUT2D eigenvalue weighted by Gasteiger charge is -2.13. The second-order valence-corrected chi connectivity index (χ2v) is 8.11. The minimum absolute atomic E-state index is 0.0293. The summed E-state index contributed by atoms with van der Waals surface area (Å²) in [5.74, 6) is 0.933. The second kappa shape index (κ2) is 10.2. The Balaban J connectivity index is 1.76. The van der Waals surface area contributed by atoms with E-state index >= 15 is 0 Å². The van der Waals surface area contributed by atoms with E-state index in [-0.39, 0.29) is 18.2 Å². The van der Waals surface area contributed by atoms with Crippen molar-refractivity contribution in [3.8, 4) is 11.5 Å². The van der Waals surface area contributed by atoms with Crippen molar-refractivity contribution in [3.05, 3.63) is 81.3 Å². The average Bonchev–Trinajstić information content (AvgIpc) is 3.01. The Hall–Kier alpha value is -3.17. The van der Waals surface area contributed by atoms with E-state index in [0.29, 0.717) is 33.9 Å². The third kappa shape index (κ3) is 5.50. The number of rotatable bonds is 9. The van der Waals surface area contributed by atoms with Gasteiger partial charge in [-0.3, -0.25) is 19.8 Å². The van der Waals surface area contributed by atoms with Gasteiger partial charge in [-0.1, -0.05) is 36.1 Å². The van der Waals surface area contributed by atoms with Crippen molar-refractivity contribution in [2.24, 2.45) is 0 Å². The van der Waals surface area contributed by atoms with Crippen LogP contribution in [0.15, 0.2) is 60.0 Å². The van der Waals surface area contributed by atoms with Crippen LogP contribution < -0.4 is 9.47 Å². The summed E-state index contributed by atoms with van der Waals surface area (Å²) in [6.45, 7) is 6.57. The van der Waals surface area contributed by atoms with Crippen LogP contribution in [0.4, 0.5) is 5.69 Å². The second-order valence-electron chi connectivity index (χ2n) is 6.43. The molecule has 3 rings (SSSR count). The summed E-state index contributed by atoms with van der Waals surface area (Å²) in [4.78, 5) is 24.9. The number of nitro benzene ring substituents is 1. The summed E-state index contributed by atoms with van der Waals surface area (Å²) in [6.07, 6.45) is 3.41. The highest BCUT2D eigenvalue weighted by atomic mass is 32.2. The number of ether oxygens (including phenoxy) is 2. The molecule has 1 saturated heterocycles. The number of hydrogen-bond acceptors (Lipinski definition) is 7. The molecule has 0 bridgehead atoms. The molecule has 0 radical (unpaired) electrons. The molecule has 1 heterocycles. The monoisotopic (exact) mass is 456 g/mol. The number of carbonyl (C=O) groups excluding carboxylic acids is 1. The minimum atomic E-state index is -0.443. The molecule has 1 amide bonds. The first-order valence-electron chi connectivity index (χ1n) is 9.42. The fourth-order valence-corrected chi connectivity index (χ4v) is 4.09. The molecule has 0 saturated carbocycles. The molecule has 1 fully saturated rings. The van der Waals surface area contributed by atoms with Gasteiger partial charge in [0, 0.05) is 18.7 Å². The van der Waals surface area contributed by atoms with E-state index in [0.717, 1.165) is 11.1 Å². The van der Waals surface area contributed by atoms with Gasteiger partial charge in [0.15, 0.2) is 11.5 Å². The molecule has 31 heavy (non-hydrogen) atoms. The zero-order chi connectivity index (χ0) is 22.4. The molecule has 0 atom stereocenters. The molecule has 0 spiro atoms. The lowest BCUT2D eigenvalue weighted by Crippen LogP contribution is -2.27. The number of nitrogens with zero attached hydrogens (tertiary/aromatic N) is 2. The fraction of sp³-hybridized carbons (Fsp3) is 0.182. The first-order chi connectivity index (χ1) is 14.9. The maximum Gasteiger partial charge on any atom is 0.269 e. The van der Waals surface area contributed by atoms with Crippen molar-refractivity contribution >= 4 is 46.0 Å². The first-order valence-corrected chi connectivity index (χ1v) is 10.6. The quantitative estimate of drug-likeness (QED) is 0.173. The standard InChI is InChI=1S/C22H20N2O5S2/c1-3-11-23-21(25)20(31-22(23)30)13-16-7-10-18(19(12-16)28-4-2)29-14-15-5-8-17(9-6-15)24(26)27/h3,5-10,12-13H,1,4,11,14H2,2H3/b20-13-. The van der Waals surface area contributed by atoms with Crippen molar-refractivity contribution in [1.82, 2.24) is 4.90 Å². The molecular weight excluding hydrogens is 436 g/mol. The molecule has 7 nitrogen and oxygen atoms in total. The molecule has 1 aliphatic heterocycles. The number of non-ortho nitro benzene ring substituents is 1. The third-order valence-electron chi connectivity index (χ3n) is 4.29. The summed E-state index contributed by atoms with van der Waals surface area (Å²) in [7, 11) is 0. The molecule has 1 aliphatic rings. The smallest absolute Gasteiger partial charge is 0.269 e. The maximum atomic E-state index is 12.5. The van der Waals surface area contributed by atoms with Gasteiger partial charge in [0.2, 0.25) is 0 Å². The molecule has 0 N–H and O–H groups in total. The number of carbonyl (C=O) groups is 1. The van der Waals surface area contributed by atoms with Crippen molar-refractivity contribution < 1.29 is 19.2 Å². The number of thioether (sulfide) groups is 1. The van der Waals surface area contributed by atoms with Crippen LogP contribution in [-0.2, 0) is 11.4 Å². The number of amides is 1. The Morgan fingerprint density at radius 2 is 1.94 bits per heavy atom. The fourth-order valence-electron chi connectivity index (χ4n) is 2.81. The topological polar surface area (TPSA) is 81.9 Å². The molecule has 0 unspecified atom stereocenters. The lowest BCUT2D eigenvalue weighted by atomic mass is 10.1. The van der Waals surface area contributed by atoms with Gasteiger partial charge in [-0.25, -0.2) is 0 Å². The Bertz CT molecular complexity index is 1050. The lowest BCUT2D eigenvalue weighted by molar-refractivity contribution is -0.384. The first kappa shape index (κ1) is 22.5. The molecular formula is C22H20N2O5S2. The van der Waals surface area contributed by atoms with E-state index < -0.39 is 4.92 Å². The van der Waals surface area contributed by atoms with Gasteiger partial charge in [-0.15, -0.1) is 6.58 Å². The highest BCUT2D eigenvalue weighted by Crippen LogP contribution is 2.35. The maximum absolute atomic E-state index is 12.5. The molecule has 9 heteroatoms. The largest absolute Gasteiger partial charge is 0.490 e. The number of nitro groups is 1. The zero-order valence-corrected chi connectivity index (χ0v) is 18.4. The van der Waals surface area contributed by atoms with Gasteiger partial charge in [-0.2, -0.15) is 0 Å². The zero-order valence-electron chi connectivity index (χ0n) is 16.8. The number of thiocarbonyl (C=S) groups is 1. The van der Waals surface area contributed by atoms with Crippen LogP contribution in [0.1, 0.15) is 18.1 Å². The summed E-state index contributed by atoms with van der Waals surface area (Å²) < 4.78 is 12.1.